The van der Waals surface area contributed by atoms with Crippen LogP contribution in [0, 0.1) is 6.07 Å². The number of anilines is 2. The molecule has 3 rings (SSSR count). The zero-order valence-corrected chi connectivity index (χ0v) is 24.5. The van der Waals surface area contributed by atoms with Crippen LogP contribution in [-0.2, 0) is 18.2 Å². The molecule has 0 saturated carbocycles. The fourth-order valence-electron chi connectivity index (χ4n) is 4.22. The second-order valence-corrected chi connectivity index (χ2v) is 14.5. The first-order chi connectivity index (χ1) is 15.4. The number of hydrogen-bond donors (Lipinski definition) is 1. The SMILES string of the molecule is CN(C)c1ccc([PH+](C(C)(C)C)C(C)(C)C)cc1.Nc1ccccc1-c1[c-]cccc1.[Cl][Pd+]. The van der Waals surface area contributed by atoms with Crippen LogP contribution in [0.25, 0.3) is 11.1 Å². The number of para-hydroxylation sites is 1. The van der Waals surface area contributed by atoms with Crippen LogP contribution in [-0.4, -0.2) is 24.4 Å². The van der Waals surface area contributed by atoms with Gasteiger partial charge in [0.15, 0.2) is 0 Å². The Morgan fingerprint density at radius 2 is 1.30 bits per heavy atom. The van der Waals surface area contributed by atoms with Crippen LogP contribution in [0.4, 0.5) is 11.4 Å². The topological polar surface area (TPSA) is 29.3 Å². The molecule has 0 radical (unpaired) electrons. The predicted octanol–water partition coefficient (Wildman–Crippen LogP) is 7.61. The molecular weight excluding hydrogens is 537 g/mol. The standard InChI is InChI=1S/C16H28NP.C12H10N.ClH.Pd/c1-15(2,3)18(16(4,5)6)14-11-9-13(10-12-14)17(7)8;13-12-9-5-4-8-11(12)10-6-2-1-3-7-10;;/h9-12H,1-8H3;1-6,8-9H,13H2;1H;/q;-1;;+2. The van der Waals surface area contributed by atoms with E-state index < -0.39 is 7.92 Å². The number of benzene rings is 3. The Hall–Kier alpha value is -1.36. The first-order valence-electron chi connectivity index (χ1n) is 11.0. The van der Waals surface area contributed by atoms with E-state index in [4.69, 9.17) is 5.73 Å². The van der Waals surface area contributed by atoms with Gasteiger partial charge in [-0.2, -0.15) is 0 Å². The maximum atomic E-state index is 5.83. The van der Waals surface area contributed by atoms with E-state index in [1.54, 1.807) is 5.30 Å². The van der Waals surface area contributed by atoms with E-state index in [0.29, 0.717) is 10.3 Å². The van der Waals surface area contributed by atoms with Gasteiger partial charge in [-0.25, -0.2) is 0 Å². The molecule has 0 spiro atoms. The molecule has 0 fully saturated rings. The second kappa shape index (κ2) is 13.5. The number of nitrogen functional groups attached to an aromatic ring is 1. The molecule has 0 aliphatic carbocycles. The van der Waals surface area contributed by atoms with Gasteiger partial charge in [0.05, 0.1) is 15.6 Å². The van der Waals surface area contributed by atoms with E-state index in [0.717, 1.165) is 16.8 Å². The van der Waals surface area contributed by atoms with Gasteiger partial charge in [-0.05, 0) is 77.6 Å². The van der Waals surface area contributed by atoms with E-state index in [-0.39, 0.29) is 0 Å². The molecule has 0 aliphatic heterocycles. The van der Waals surface area contributed by atoms with Crippen LogP contribution < -0.4 is 15.9 Å². The Morgan fingerprint density at radius 3 is 1.73 bits per heavy atom. The third kappa shape index (κ3) is 9.43. The van der Waals surface area contributed by atoms with Gasteiger partial charge >= 0.3 is 27.7 Å². The number of nitrogens with two attached hydrogens (primary N) is 1. The van der Waals surface area contributed by atoms with Gasteiger partial charge in [-0.1, -0.05) is 23.8 Å². The summed E-state index contributed by atoms with van der Waals surface area (Å²) >= 11 is 2.22. The predicted molar refractivity (Wildman–Crippen MR) is 149 cm³/mol. The summed E-state index contributed by atoms with van der Waals surface area (Å²) in [7, 11) is 8.06. The van der Waals surface area contributed by atoms with Crippen molar-refractivity contribution in [3.63, 3.8) is 0 Å². The summed E-state index contributed by atoms with van der Waals surface area (Å²) in [6.45, 7) is 14.3. The average molecular weight is 576 g/mol. The summed E-state index contributed by atoms with van der Waals surface area (Å²) in [5, 5.41) is 2.30. The second-order valence-electron chi connectivity index (χ2n) is 10.2. The molecule has 3 aromatic carbocycles. The van der Waals surface area contributed by atoms with Gasteiger partial charge in [-0.15, -0.1) is 35.9 Å². The molecular formula is C28H39ClN2PPd+. The average Bonchev–Trinajstić information content (AvgIpc) is 2.75. The van der Waals surface area contributed by atoms with Crippen molar-refractivity contribution >= 4 is 34.1 Å². The van der Waals surface area contributed by atoms with Crippen LogP contribution in [0.15, 0.2) is 72.8 Å². The Bertz CT molecular complexity index is 932. The van der Waals surface area contributed by atoms with Gasteiger partial charge in [0.2, 0.25) is 0 Å². The first kappa shape index (κ1) is 29.7. The monoisotopic (exact) mass is 575 g/mol. The van der Waals surface area contributed by atoms with Crippen molar-refractivity contribution in [2.75, 3.05) is 24.7 Å². The molecule has 33 heavy (non-hydrogen) atoms. The molecule has 0 heterocycles. The van der Waals surface area contributed by atoms with Crippen LogP contribution >= 0.6 is 17.5 Å². The fourth-order valence-corrected chi connectivity index (χ4v) is 8.70. The zero-order chi connectivity index (χ0) is 25.2. The van der Waals surface area contributed by atoms with Crippen molar-refractivity contribution in [3.8, 4) is 11.1 Å². The molecule has 5 heteroatoms. The molecule has 0 unspecified atom stereocenters. The van der Waals surface area contributed by atoms with Crippen LogP contribution in [0.1, 0.15) is 41.5 Å². The van der Waals surface area contributed by atoms with Gasteiger partial charge in [0.1, 0.15) is 0 Å². The number of rotatable bonds is 3. The molecule has 0 amide bonds. The van der Waals surface area contributed by atoms with Crippen molar-refractivity contribution in [2.45, 2.75) is 51.9 Å². The van der Waals surface area contributed by atoms with E-state index in [2.05, 4.69) is 119 Å². The molecule has 0 saturated heterocycles. The molecule has 182 valence electrons. The number of hydrogen-bond acceptors (Lipinski definition) is 2. The Morgan fingerprint density at radius 1 is 0.788 bits per heavy atom. The van der Waals surface area contributed by atoms with Crippen LogP contribution in [0.5, 0.6) is 0 Å². The molecule has 2 N–H and O–H groups in total. The quantitative estimate of drug-likeness (QED) is 0.151. The number of halogens is 1. The third-order valence-corrected chi connectivity index (χ3v) is 9.04. The minimum absolute atomic E-state index is 0.378. The maximum absolute atomic E-state index is 5.83. The Kier molecular flexibility index (Phi) is 12.1. The summed E-state index contributed by atoms with van der Waals surface area (Å²) in [6.07, 6.45) is 0. The molecule has 3 aromatic rings. The molecule has 0 bridgehead atoms. The minimum atomic E-state index is -0.614. The van der Waals surface area contributed by atoms with Gasteiger partial charge < -0.3 is 10.6 Å². The molecule has 0 aliphatic rings. The first-order valence-corrected chi connectivity index (χ1v) is 14.5. The molecule has 2 nitrogen and oxygen atoms in total. The van der Waals surface area contributed by atoms with E-state index >= 15 is 0 Å². The van der Waals surface area contributed by atoms with E-state index in [1.807, 2.05) is 48.5 Å². The molecule has 0 atom stereocenters. The summed E-state index contributed by atoms with van der Waals surface area (Å²) in [5.74, 6) is 0. The van der Waals surface area contributed by atoms with Gasteiger partial charge in [0, 0.05) is 27.7 Å². The van der Waals surface area contributed by atoms with Crippen LogP contribution in [0.3, 0.4) is 0 Å². The van der Waals surface area contributed by atoms with Crippen molar-refractivity contribution in [1.82, 2.24) is 0 Å². The zero-order valence-electron chi connectivity index (χ0n) is 21.1. The van der Waals surface area contributed by atoms with E-state index in [1.165, 1.54) is 5.69 Å². The fraction of sp³-hybridized carbons (Fsp3) is 0.357. The summed E-state index contributed by atoms with van der Waals surface area (Å²) in [4.78, 5) is 2.16. The Balaban J connectivity index is 0.000000319. The summed E-state index contributed by atoms with van der Waals surface area (Å²) in [6, 6.07) is 27.9. The van der Waals surface area contributed by atoms with E-state index in [9.17, 15) is 0 Å². The van der Waals surface area contributed by atoms with Gasteiger partial charge in [0.25, 0.3) is 0 Å². The van der Waals surface area contributed by atoms with Crippen molar-refractivity contribution < 1.29 is 18.2 Å². The summed E-state index contributed by atoms with van der Waals surface area (Å²) < 4.78 is 0. The van der Waals surface area contributed by atoms with Gasteiger partial charge in [-0.3, -0.25) is 0 Å². The van der Waals surface area contributed by atoms with Crippen molar-refractivity contribution in [3.05, 3.63) is 78.9 Å². The van der Waals surface area contributed by atoms with Crippen molar-refractivity contribution in [2.24, 2.45) is 0 Å². The number of nitrogens with zero attached hydrogens (tertiary/aromatic N) is 1. The molecule has 0 aromatic heterocycles. The van der Waals surface area contributed by atoms with Crippen LogP contribution in [0.2, 0.25) is 0 Å². The Labute approximate surface area is 218 Å². The van der Waals surface area contributed by atoms with Crippen molar-refractivity contribution in [1.29, 1.82) is 0 Å². The normalized spacial score (nSPS) is 11.2. The third-order valence-electron chi connectivity index (χ3n) is 5.13. The summed E-state index contributed by atoms with van der Waals surface area (Å²) in [5.41, 5.74) is 10.00.